The van der Waals surface area contributed by atoms with Crippen molar-refractivity contribution in [3.63, 3.8) is 0 Å². The molecule has 1 aliphatic carbocycles. The second kappa shape index (κ2) is 12.0. The van der Waals surface area contributed by atoms with Crippen LogP contribution < -0.4 is 29.7 Å². The first-order valence-electron chi connectivity index (χ1n) is 12.0. The van der Waals surface area contributed by atoms with Crippen LogP contribution in [0.1, 0.15) is 39.5 Å². The summed E-state index contributed by atoms with van der Waals surface area (Å²) in [5.74, 6) is 1.91. The lowest BCUT2D eigenvalue weighted by molar-refractivity contribution is 0.0931. The van der Waals surface area contributed by atoms with E-state index in [9.17, 15) is 9.59 Å². The van der Waals surface area contributed by atoms with Gasteiger partial charge in [0.15, 0.2) is 16.9 Å². The molecule has 0 radical (unpaired) electrons. The summed E-state index contributed by atoms with van der Waals surface area (Å²) in [5.41, 5.74) is 4.29. The van der Waals surface area contributed by atoms with Gasteiger partial charge in [-0.3, -0.25) is 9.59 Å². The number of aryl methyl sites for hydroxylation is 1. The number of thioether (sulfide) groups is 1. The van der Waals surface area contributed by atoms with E-state index >= 15 is 0 Å². The largest absolute Gasteiger partial charge is 0.496 e. The maximum Gasteiger partial charge on any atom is 0.255 e. The average molecular weight is 556 g/mol. The first kappa shape index (κ1) is 27.7. The van der Waals surface area contributed by atoms with Crippen molar-refractivity contribution in [2.24, 2.45) is 0 Å². The van der Waals surface area contributed by atoms with Crippen molar-refractivity contribution >= 4 is 29.3 Å². The van der Waals surface area contributed by atoms with Crippen LogP contribution in [0.2, 0.25) is 0 Å². The zero-order chi connectivity index (χ0) is 27.4. The van der Waals surface area contributed by atoms with Gasteiger partial charge < -0.3 is 24.3 Å². The van der Waals surface area contributed by atoms with Crippen molar-refractivity contribution < 1.29 is 23.7 Å². The minimum atomic E-state index is -0.467. The van der Waals surface area contributed by atoms with Crippen molar-refractivity contribution in [2.45, 2.75) is 29.7 Å². The number of amides is 1. The van der Waals surface area contributed by atoms with Crippen molar-refractivity contribution in [1.82, 2.24) is 5.32 Å². The van der Waals surface area contributed by atoms with Crippen LogP contribution in [0.3, 0.4) is 0 Å². The van der Waals surface area contributed by atoms with Crippen LogP contribution in [0.4, 0.5) is 0 Å². The lowest BCUT2D eigenvalue weighted by Crippen LogP contribution is -2.29. The minimum Gasteiger partial charge on any atom is -0.496 e. The maximum atomic E-state index is 13.6. The quantitative estimate of drug-likeness (QED) is 0.285. The summed E-state index contributed by atoms with van der Waals surface area (Å²) in [6.45, 7) is 0. The molecule has 3 aromatic carbocycles. The Morgan fingerprint density at radius 3 is 2.34 bits per heavy atom. The molecule has 0 aliphatic heterocycles. The number of fused-ring (bicyclic) bond motifs is 3. The molecule has 1 atom stereocenters. The van der Waals surface area contributed by atoms with Crippen molar-refractivity contribution in [3.8, 4) is 34.1 Å². The zero-order valence-electron chi connectivity index (χ0n) is 22.0. The van der Waals surface area contributed by atoms with Gasteiger partial charge >= 0.3 is 0 Å². The van der Waals surface area contributed by atoms with Gasteiger partial charge in [0, 0.05) is 11.4 Å². The summed E-state index contributed by atoms with van der Waals surface area (Å²) >= 11 is 7.40. The SMILES string of the molecule is COc1ccc(CCl)cc1C(=O)N[C@H]1CCc2cc(OC)c(OC)c(OC)c2-c2ccc(SC)c(=O)cc21. The molecular weight excluding hydrogens is 526 g/mol. The highest BCUT2D eigenvalue weighted by Crippen LogP contribution is 2.50. The van der Waals surface area contributed by atoms with E-state index < -0.39 is 6.04 Å². The minimum absolute atomic E-state index is 0.123. The van der Waals surface area contributed by atoms with E-state index in [1.54, 1.807) is 39.5 Å². The topological polar surface area (TPSA) is 83.1 Å². The Bertz CT molecular complexity index is 1430. The third-order valence-corrected chi connectivity index (χ3v) is 7.77. The second-order valence-electron chi connectivity index (χ2n) is 8.69. The van der Waals surface area contributed by atoms with Gasteiger partial charge in [0.25, 0.3) is 5.91 Å². The molecule has 0 fully saturated rings. The van der Waals surface area contributed by atoms with Gasteiger partial charge in [-0.1, -0.05) is 12.1 Å². The standard InChI is InChI=1S/C29H30ClNO6S/c1-34-23-10-6-16(15-30)12-20(23)29(33)31-21-9-7-17-13-24(35-2)27(36-3)28(37-4)26(17)18-8-11-25(38-5)22(32)14-19(18)21/h6,8,10-14,21H,7,9,15H2,1-5H3,(H,31,33)/t21-/m0/s1. The summed E-state index contributed by atoms with van der Waals surface area (Å²) in [4.78, 5) is 27.3. The van der Waals surface area contributed by atoms with Crippen LogP contribution in [0.5, 0.6) is 23.0 Å². The number of halogens is 1. The predicted molar refractivity (Wildman–Crippen MR) is 151 cm³/mol. The Morgan fingerprint density at radius 1 is 0.974 bits per heavy atom. The molecule has 0 saturated carbocycles. The maximum absolute atomic E-state index is 13.6. The number of hydrogen-bond donors (Lipinski definition) is 1. The Hall–Kier alpha value is -3.36. The summed E-state index contributed by atoms with van der Waals surface area (Å²) in [6.07, 6.45) is 3.00. The van der Waals surface area contributed by atoms with Gasteiger partial charge in [-0.15, -0.1) is 23.4 Å². The smallest absolute Gasteiger partial charge is 0.255 e. The van der Waals surface area contributed by atoms with E-state index in [0.29, 0.717) is 51.9 Å². The van der Waals surface area contributed by atoms with Crippen LogP contribution in [-0.4, -0.2) is 40.6 Å². The predicted octanol–water partition coefficient (Wildman–Crippen LogP) is 5.63. The van der Waals surface area contributed by atoms with Crippen LogP contribution in [0, 0.1) is 0 Å². The van der Waals surface area contributed by atoms with Crippen molar-refractivity contribution in [2.75, 3.05) is 34.7 Å². The highest BCUT2D eigenvalue weighted by molar-refractivity contribution is 7.98. The first-order chi connectivity index (χ1) is 18.4. The van der Waals surface area contributed by atoms with Gasteiger partial charge in [-0.25, -0.2) is 0 Å². The number of hydrogen-bond acceptors (Lipinski definition) is 7. The summed E-state index contributed by atoms with van der Waals surface area (Å²) in [5, 5.41) is 3.15. The molecule has 0 heterocycles. The lowest BCUT2D eigenvalue weighted by Gasteiger charge is -2.20. The van der Waals surface area contributed by atoms with Gasteiger partial charge in [-0.2, -0.15) is 0 Å². The fraction of sp³-hybridized carbons (Fsp3) is 0.310. The van der Waals surface area contributed by atoms with Crippen molar-refractivity contribution in [1.29, 1.82) is 0 Å². The number of benzene rings is 2. The number of nitrogens with one attached hydrogen (secondary N) is 1. The zero-order valence-corrected chi connectivity index (χ0v) is 23.5. The van der Waals surface area contributed by atoms with Crippen molar-refractivity contribution in [3.05, 3.63) is 74.9 Å². The lowest BCUT2D eigenvalue weighted by atomic mass is 9.95. The third kappa shape index (κ3) is 5.15. The van der Waals surface area contributed by atoms with E-state index in [0.717, 1.165) is 22.3 Å². The molecule has 7 nitrogen and oxygen atoms in total. The molecule has 0 bridgehead atoms. The van der Waals surface area contributed by atoms with Crippen LogP contribution in [0.15, 0.2) is 52.2 Å². The molecule has 38 heavy (non-hydrogen) atoms. The number of rotatable bonds is 8. The fourth-order valence-electron chi connectivity index (χ4n) is 4.87. The number of methoxy groups -OCH3 is 4. The number of alkyl halides is 1. The summed E-state index contributed by atoms with van der Waals surface area (Å²) < 4.78 is 22.5. The van der Waals surface area contributed by atoms with E-state index in [-0.39, 0.29) is 17.2 Å². The van der Waals surface area contributed by atoms with Crippen LogP contribution in [-0.2, 0) is 12.3 Å². The van der Waals surface area contributed by atoms with Gasteiger partial charge in [0.05, 0.1) is 44.9 Å². The first-order valence-corrected chi connectivity index (χ1v) is 13.7. The van der Waals surface area contributed by atoms with Crippen LogP contribution >= 0.6 is 23.4 Å². The van der Waals surface area contributed by atoms with E-state index in [4.69, 9.17) is 30.5 Å². The molecule has 0 saturated heterocycles. The van der Waals surface area contributed by atoms with Gasteiger partial charge in [0.2, 0.25) is 5.75 Å². The van der Waals surface area contributed by atoms with E-state index in [1.807, 2.05) is 30.5 Å². The molecule has 1 amide bonds. The molecule has 0 aromatic heterocycles. The third-order valence-electron chi connectivity index (χ3n) is 6.69. The highest BCUT2D eigenvalue weighted by atomic mass is 35.5. The Morgan fingerprint density at radius 2 is 1.71 bits per heavy atom. The van der Waals surface area contributed by atoms with Gasteiger partial charge in [-0.05, 0) is 71.7 Å². The number of carbonyl (C=O) groups is 1. The Balaban J connectivity index is 1.92. The summed E-state index contributed by atoms with van der Waals surface area (Å²) in [6, 6.07) is 12.1. The Kier molecular flexibility index (Phi) is 8.74. The van der Waals surface area contributed by atoms with Gasteiger partial charge in [0.1, 0.15) is 5.75 Å². The monoisotopic (exact) mass is 555 g/mol. The highest BCUT2D eigenvalue weighted by Gasteiger charge is 2.30. The summed E-state index contributed by atoms with van der Waals surface area (Å²) in [7, 11) is 6.23. The average Bonchev–Trinajstić information content (AvgIpc) is 3.19. The molecule has 1 N–H and O–H groups in total. The molecular formula is C29H30ClNO6S. The molecule has 0 spiro atoms. The normalized spacial score (nSPS) is 14.0. The molecule has 200 valence electrons. The molecule has 0 unspecified atom stereocenters. The fourth-order valence-corrected chi connectivity index (χ4v) is 5.50. The second-order valence-corrected chi connectivity index (χ2v) is 9.81. The van der Waals surface area contributed by atoms with Crippen LogP contribution in [0.25, 0.3) is 11.1 Å². The number of carbonyl (C=O) groups excluding carboxylic acids is 1. The molecule has 3 aromatic rings. The molecule has 1 aliphatic rings. The number of ether oxygens (including phenoxy) is 4. The molecule has 9 heteroatoms. The van der Waals surface area contributed by atoms with E-state index in [2.05, 4.69) is 5.32 Å². The molecule has 4 rings (SSSR count). The van der Waals surface area contributed by atoms with E-state index in [1.165, 1.54) is 18.9 Å². The Labute approximate surface area is 231 Å².